The fraction of sp³-hybridized carbons (Fsp3) is 0.625. The topological polar surface area (TPSA) is 58.3 Å². The fourth-order valence-corrected chi connectivity index (χ4v) is 1.20. The third-order valence-corrected chi connectivity index (χ3v) is 1.82. The zero-order valence-corrected chi connectivity index (χ0v) is 6.93. The molecule has 0 fully saturated rings. The van der Waals surface area contributed by atoms with Crippen molar-refractivity contribution >= 4 is 0 Å². The Kier molecular flexibility index (Phi) is 3.76. The molecule has 2 N–H and O–H groups in total. The second-order valence-corrected chi connectivity index (χ2v) is 2.66. The Labute approximate surface area is 71.5 Å². The lowest BCUT2D eigenvalue weighted by Gasteiger charge is -2.14. The molecule has 12 heavy (non-hydrogen) atoms. The van der Waals surface area contributed by atoms with Gasteiger partial charge in [-0.15, -0.1) is 0 Å². The van der Waals surface area contributed by atoms with Crippen molar-refractivity contribution < 1.29 is 10.2 Å². The van der Waals surface area contributed by atoms with Gasteiger partial charge in [-0.25, -0.2) is 0 Å². The van der Waals surface area contributed by atoms with E-state index in [1.54, 1.807) is 10.9 Å². The van der Waals surface area contributed by atoms with E-state index in [2.05, 4.69) is 5.10 Å². The molecule has 0 bridgehead atoms. The minimum atomic E-state index is 0.120. The van der Waals surface area contributed by atoms with Gasteiger partial charge in [0.25, 0.3) is 0 Å². The minimum Gasteiger partial charge on any atom is -0.396 e. The van der Waals surface area contributed by atoms with Crippen LogP contribution in [0.4, 0.5) is 0 Å². The Balaban J connectivity index is 2.53. The summed E-state index contributed by atoms with van der Waals surface area (Å²) in [5.74, 6) is 0. The first-order valence-electron chi connectivity index (χ1n) is 4.09. The molecule has 0 aromatic carbocycles. The number of aliphatic hydroxyl groups is 2. The van der Waals surface area contributed by atoms with Crippen LogP contribution in [0.15, 0.2) is 18.5 Å². The van der Waals surface area contributed by atoms with Crippen LogP contribution in [-0.2, 0) is 0 Å². The van der Waals surface area contributed by atoms with Gasteiger partial charge < -0.3 is 10.2 Å². The van der Waals surface area contributed by atoms with Gasteiger partial charge in [0.2, 0.25) is 0 Å². The third-order valence-electron chi connectivity index (χ3n) is 1.82. The first kappa shape index (κ1) is 9.22. The first-order chi connectivity index (χ1) is 5.88. The Bertz CT molecular complexity index is 193. The Morgan fingerprint density at radius 2 is 1.92 bits per heavy atom. The van der Waals surface area contributed by atoms with Gasteiger partial charge in [-0.1, -0.05) is 0 Å². The van der Waals surface area contributed by atoms with E-state index in [1.165, 1.54) is 0 Å². The van der Waals surface area contributed by atoms with Crippen molar-refractivity contribution in [2.24, 2.45) is 0 Å². The summed E-state index contributed by atoms with van der Waals surface area (Å²) in [6.07, 6.45) is 4.82. The second kappa shape index (κ2) is 4.90. The molecule has 4 heteroatoms. The normalized spacial score (nSPS) is 10.9. The highest BCUT2D eigenvalue weighted by atomic mass is 16.3. The summed E-state index contributed by atoms with van der Waals surface area (Å²) in [6.45, 7) is 0.259. The molecule has 4 nitrogen and oxygen atoms in total. The van der Waals surface area contributed by atoms with E-state index in [0.29, 0.717) is 12.8 Å². The molecule has 1 aromatic heterocycles. The highest BCUT2D eigenvalue weighted by Gasteiger charge is 2.08. The van der Waals surface area contributed by atoms with Gasteiger partial charge >= 0.3 is 0 Å². The van der Waals surface area contributed by atoms with Crippen LogP contribution in [0, 0.1) is 0 Å². The lowest BCUT2D eigenvalue weighted by molar-refractivity contribution is 0.210. The van der Waals surface area contributed by atoms with Crippen LogP contribution in [-0.4, -0.2) is 33.2 Å². The molecule has 0 spiro atoms. The number of hydrogen-bond acceptors (Lipinski definition) is 3. The molecule has 0 atom stereocenters. The van der Waals surface area contributed by atoms with Gasteiger partial charge in [-0.2, -0.15) is 5.10 Å². The predicted octanol–water partition coefficient (Wildman–Crippen LogP) is 0.189. The van der Waals surface area contributed by atoms with E-state index in [0.717, 1.165) is 0 Å². The third kappa shape index (κ3) is 2.32. The van der Waals surface area contributed by atoms with E-state index in [1.807, 2.05) is 12.3 Å². The monoisotopic (exact) mass is 170 g/mol. The van der Waals surface area contributed by atoms with Gasteiger partial charge in [0.05, 0.1) is 6.04 Å². The smallest absolute Gasteiger partial charge is 0.0562 e. The summed E-state index contributed by atoms with van der Waals surface area (Å²) in [5.41, 5.74) is 0. The molecule has 0 aliphatic rings. The standard InChI is InChI=1S/C8H14N2O2/c11-6-2-8(3-7-12)10-5-1-4-9-10/h1,4-5,8,11-12H,2-3,6-7H2. The number of rotatable bonds is 5. The van der Waals surface area contributed by atoms with E-state index in [-0.39, 0.29) is 19.3 Å². The summed E-state index contributed by atoms with van der Waals surface area (Å²) in [5, 5.41) is 21.5. The van der Waals surface area contributed by atoms with Crippen molar-refractivity contribution in [3.63, 3.8) is 0 Å². The Morgan fingerprint density at radius 1 is 1.25 bits per heavy atom. The van der Waals surface area contributed by atoms with E-state index in [4.69, 9.17) is 10.2 Å². The van der Waals surface area contributed by atoms with E-state index >= 15 is 0 Å². The predicted molar refractivity (Wildman–Crippen MR) is 44.7 cm³/mol. The van der Waals surface area contributed by atoms with E-state index in [9.17, 15) is 0 Å². The highest BCUT2D eigenvalue weighted by Crippen LogP contribution is 2.13. The van der Waals surface area contributed by atoms with Crippen molar-refractivity contribution in [2.45, 2.75) is 18.9 Å². The molecule has 0 amide bonds. The van der Waals surface area contributed by atoms with Gasteiger partial charge in [0, 0.05) is 25.6 Å². The molecule has 0 saturated heterocycles. The van der Waals surface area contributed by atoms with Crippen LogP contribution in [0.2, 0.25) is 0 Å². The van der Waals surface area contributed by atoms with Crippen LogP contribution in [0.5, 0.6) is 0 Å². The minimum absolute atomic E-state index is 0.120. The number of aliphatic hydroxyl groups excluding tert-OH is 2. The summed E-state index contributed by atoms with van der Waals surface area (Å²) in [6, 6.07) is 1.96. The van der Waals surface area contributed by atoms with Crippen molar-refractivity contribution in [2.75, 3.05) is 13.2 Å². The maximum atomic E-state index is 8.74. The maximum Gasteiger partial charge on any atom is 0.0562 e. The highest BCUT2D eigenvalue weighted by molar-refractivity contribution is 4.81. The van der Waals surface area contributed by atoms with Crippen LogP contribution in [0.1, 0.15) is 18.9 Å². The summed E-state index contributed by atoms with van der Waals surface area (Å²) >= 11 is 0. The van der Waals surface area contributed by atoms with Crippen LogP contribution < -0.4 is 0 Å². The van der Waals surface area contributed by atoms with Crippen molar-refractivity contribution in [3.8, 4) is 0 Å². The molecule has 0 radical (unpaired) electrons. The molecule has 0 aliphatic carbocycles. The molecule has 0 aliphatic heterocycles. The van der Waals surface area contributed by atoms with Crippen molar-refractivity contribution in [1.29, 1.82) is 0 Å². The van der Waals surface area contributed by atoms with Crippen LogP contribution in [0.3, 0.4) is 0 Å². The second-order valence-electron chi connectivity index (χ2n) is 2.66. The van der Waals surface area contributed by atoms with E-state index < -0.39 is 0 Å². The molecule has 1 aromatic rings. The zero-order valence-electron chi connectivity index (χ0n) is 6.93. The first-order valence-corrected chi connectivity index (χ1v) is 4.09. The van der Waals surface area contributed by atoms with Crippen molar-refractivity contribution in [1.82, 2.24) is 9.78 Å². The SMILES string of the molecule is OCCC(CCO)n1cccn1. The molecule has 1 rings (SSSR count). The number of nitrogens with zero attached hydrogens (tertiary/aromatic N) is 2. The Morgan fingerprint density at radius 3 is 2.33 bits per heavy atom. The summed E-state index contributed by atoms with van der Waals surface area (Å²) < 4.78 is 1.77. The molecular formula is C8H14N2O2. The van der Waals surface area contributed by atoms with Crippen LogP contribution in [0.25, 0.3) is 0 Å². The lowest BCUT2D eigenvalue weighted by Crippen LogP contribution is -2.12. The molecule has 68 valence electrons. The van der Waals surface area contributed by atoms with Gasteiger partial charge in [-0.3, -0.25) is 4.68 Å². The maximum absolute atomic E-state index is 8.74. The quantitative estimate of drug-likeness (QED) is 0.663. The molecule has 1 heterocycles. The average Bonchev–Trinajstić information content (AvgIpc) is 2.56. The van der Waals surface area contributed by atoms with Gasteiger partial charge in [0.1, 0.15) is 0 Å². The molecule has 0 unspecified atom stereocenters. The number of aromatic nitrogens is 2. The zero-order chi connectivity index (χ0) is 8.81. The van der Waals surface area contributed by atoms with Gasteiger partial charge in [-0.05, 0) is 18.9 Å². The largest absolute Gasteiger partial charge is 0.396 e. The summed E-state index contributed by atoms with van der Waals surface area (Å²) in [7, 11) is 0. The summed E-state index contributed by atoms with van der Waals surface area (Å²) in [4.78, 5) is 0. The van der Waals surface area contributed by atoms with Crippen LogP contribution >= 0.6 is 0 Å². The number of hydrogen-bond donors (Lipinski definition) is 2. The lowest BCUT2D eigenvalue weighted by atomic mass is 10.1. The average molecular weight is 170 g/mol. The fourth-order valence-electron chi connectivity index (χ4n) is 1.20. The van der Waals surface area contributed by atoms with Crippen molar-refractivity contribution in [3.05, 3.63) is 18.5 Å². The Hall–Kier alpha value is -0.870. The van der Waals surface area contributed by atoms with Gasteiger partial charge in [0.15, 0.2) is 0 Å². The molecular weight excluding hydrogens is 156 g/mol. The molecule has 0 saturated carbocycles.